The van der Waals surface area contributed by atoms with Crippen molar-refractivity contribution in [2.45, 2.75) is 131 Å². The Morgan fingerprint density at radius 3 is 1.09 bits per heavy atom. The van der Waals surface area contributed by atoms with Crippen LogP contribution in [0.5, 0.6) is 0 Å². The summed E-state index contributed by atoms with van der Waals surface area (Å²) in [5.41, 5.74) is 0. The van der Waals surface area contributed by atoms with Gasteiger partial charge in [-0.25, -0.2) is 9.59 Å². The average Bonchev–Trinajstić information content (AvgIpc) is 4.27. The maximum atomic E-state index is 11.3. The third kappa shape index (κ3) is 32.9. The number of thioether (sulfide) groups is 2. The van der Waals surface area contributed by atoms with Crippen LogP contribution in [-0.4, -0.2) is 136 Å². The Hall–Kier alpha value is -3.36. The Morgan fingerprint density at radius 2 is 0.797 bits per heavy atom. The summed E-state index contributed by atoms with van der Waals surface area (Å²) in [7, 11) is 0. The van der Waals surface area contributed by atoms with Crippen molar-refractivity contribution in [3.63, 3.8) is 0 Å². The lowest BCUT2D eigenvalue weighted by molar-refractivity contribution is -0.148. The van der Waals surface area contributed by atoms with Crippen molar-refractivity contribution in [3.8, 4) is 0 Å². The van der Waals surface area contributed by atoms with Gasteiger partial charge in [0.05, 0.1) is 55.9 Å². The smallest absolute Gasteiger partial charge is 0.330 e. The topological polar surface area (TPSA) is 210 Å². The number of fused-ring (bicyclic) bond motifs is 10. The highest BCUT2D eigenvalue weighted by molar-refractivity contribution is 8.00. The molecule has 0 N–H and O–H groups in total. The van der Waals surface area contributed by atoms with Crippen molar-refractivity contribution in [2.75, 3.05) is 87.9 Å². The molecule has 6 fully saturated rings. The summed E-state index contributed by atoms with van der Waals surface area (Å²) in [5.74, 6) is 7.97. The first-order chi connectivity index (χ1) is 35.6. The summed E-state index contributed by atoms with van der Waals surface area (Å²) in [6.45, 7) is 17.4. The Morgan fingerprint density at radius 1 is 0.459 bits per heavy atom. The molecule has 16 nitrogen and oxygen atoms in total. The van der Waals surface area contributed by atoms with E-state index in [-0.39, 0.29) is 91.7 Å². The number of carbonyl (C=O) groups excluding carboxylic acids is 8. The first-order valence-corrected chi connectivity index (χ1v) is 30.2. The second-order valence-electron chi connectivity index (χ2n) is 17.9. The zero-order valence-corrected chi connectivity index (χ0v) is 48.7. The fourth-order valence-corrected chi connectivity index (χ4v) is 11.5. The van der Waals surface area contributed by atoms with Crippen LogP contribution < -0.4 is 0 Å². The maximum Gasteiger partial charge on any atom is 0.330 e. The Bertz CT molecular complexity index is 1490. The Balaban J connectivity index is 0.000000868. The number of hydrogen-bond acceptors (Lipinski definition) is 20. The van der Waals surface area contributed by atoms with Gasteiger partial charge in [-0.2, -0.15) is 37.0 Å². The van der Waals surface area contributed by atoms with Crippen LogP contribution in [0.4, 0.5) is 0 Å². The van der Waals surface area contributed by atoms with Gasteiger partial charge < -0.3 is 37.9 Å². The van der Waals surface area contributed by atoms with E-state index in [4.69, 9.17) is 14.2 Å². The number of ether oxygens (including phenoxy) is 8. The summed E-state index contributed by atoms with van der Waals surface area (Å²) >= 11 is 10.0. The van der Waals surface area contributed by atoms with Gasteiger partial charge in [-0.15, -0.1) is 11.8 Å². The highest BCUT2D eigenvalue weighted by Crippen LogP contribution is 2.59. The molecule has 0 radical (unpaired) electrons. The highest BCUT2D eigenvalue weighted by atomic mass is 32.2. The molecule has 0 heterocycles. The molecular formula is C54H90O16S4. The zero-order chi connectivity index (χ0) is 55.5. The molecule has 8 unspecified atom stereocenters. The molecule has 6 aliphatic carbocycles. The van der Waals surface area contributed by atoms with Crippen LogP contribution in [0.25, 0.3) is 0 Å². The van der Waals surface area contributed by atoms with Crippen LogP contribution >= 0.6 is 48.8 Å². The normalized spacial score (nSPS) is 22.1. The molecule has 0 aromatic rings. The number of hydrogen-bond donors (Lipinski definition) is 2. The van der Waals surface area contributed by atoms with Crippen LogP contribution in [0.1, 0.15) is 131 Å². The average molecular weight is 1120 g/mol. The van der Waals surface area contributed by atoms with Gasteiger partial charge in [-0.1, -0.05) is 32.9 Å². The largest absolute Gasteiger partial charge is 0.466 e. The van der Waals surface area contributed by atoms with E-state index < -0.39 is 11.9 Å². The predicted molar refractivity (Wildman–Crippen MR) is 297 cm³/mol. The molecule has 0 saturated heterocycles. The molecule has 0 amide bonds. The fraction of sp³-hybridized carbons (Fsp3) is 0.778. The lowest BCUT2D eigenvalue weighted by Gasteiger charge is -2.23. The monoisotopic (exact) mass is 1120 g/mol. The van der Waals surface area contributed by atoms with Gasteiger partial charge in [0.15, 0.2) is 0 Å². The molecule has 6 saturated carbocycles. The third-order valence-electron chi connectivity index (χ3n) is 13.1. The molecule has 0 aromatic carbocycles. The number of rotatable bonds is 23. The van der Waals surface area contributed by atoms with Crippen LogP contribution in [0.15, 0.2) is 25.3 Å². The predicted octanol–water partition coefficient (Wildman–Crippen LogP) is 9.54. The van der Waals surface area contributed by atoms with Gasteiger partial charge in [0.1, 0.15) is 26.4 Å². The summed E-state index contributed by atoms with van der Waals surface area (Å²) in [5, 5.41) is 0. The minimum absolute atomic E-state index is 0.0283. The molecule has 0 spiro atoms. The van der Waals surface area contributed by atoms with Crippen molar-refractivity contribution in [2.24, 2.45) is 47.3 Å². The van der Waals surface area contributed by atoms with Gasteiger partial charge in [-0.3, -0.25) is 28.8 Å². The molecule has 426 valence electrons. The van der Waals surface area contributed by atoms with Gasteiger partial charge in [0, 0.05) is 24.3 Å². The molecular weight excluding hydrogens is 1030 g/mol. The third-order valence-corrected chi connectivity index (χ3v) is 15.1. The standard InChI is InChI=1S/C12H20O6S2.2C10H16.C6H10O4S2.C6H12O2.2C5H8O2/c1-3-16-10(13)4-7-20-9-12(15)18-6-5-17-11(14)8-19-2;2*1-2-9-7-4-5-8(6-7)10(9)3-1;7-5(3-11)9-1-2-10-6(8)4-12;1-3-5-6(7)8-4-2;2*1-3-5(6)7-4-2/h3-9H2,1-2H3;2*7-10H,1-6H2;11-12H,1-4H2;3-5H2,1-2H3;2*3H,1,4H2,2H3. The van der Waals surface area contributed by atoms with Crippen molar-refractivity contribution in [1.82, 2.24) is 0 Å². The minimum Gasteiger partial charge on any atom is -0.466 e. The Labute approximate surface area is 461 Å². The van der Waals surface area contributed by atoms with Crippen molar-refractivity contribution >= 4 is 96.5 Å². The van der Waals surface area contributed by atoms with Crippen LogP contribution in [-0.2, 0) is 76.3 Å². The van der Waals surface area contributed by atoms with E-state index in [2.05, 4.69) is 62.1 Å². The van der Waals surface area contributed by atoms with E-state index in [0.29, 0.717) is 38.6 Å². The van der Waals surface area contributed by atoms with Gasteiger partial charge in [0.2, 0.25) is 0 Å². The van der Waals surface area contributed by atoms with E-state index >= 15 is 0 Å². The van der Waals surface area contributed by atoms with Gasteiger partial charge >= 0.3 is 47.8 Å². The molecule has 6 rings (SSSR count). The van der Waals surface area contributed by atoms with E-state index in [0.717, 1.165) is 18.6 Å². The molecule has 8 atom stereocenters. The van der Waals surface area contributed by atoms with E-state index in [1.807, 2.05) is 13.8 Å². The Kier molecular flexibility index (Phi) is 43.7. The lowest BCUT2D eigenvalue weighted by Crippen LogP contribution is -2.16. The van der Waals surface area contributed by atoms with E-state index in [1.54, 1.807) is 104 Å². The van der Waals surface area contributed by atoms with Crippen molar-refractivity contribution in [3.05, 3.63) is 25.3 Å². The summed E-state index contributed by atoms with van der Waals surface area (Å²) < 4.78 is 37.1. The number of carbonyl (C=O) groups is 8. The molecule has 6 aliphatic rings. The number of esters is 8. The maximum absolute atomic E-state index is 11.3. The van der Waals surface area contributed by atoms with Crippen LogP contribution in [0, 0.1) is 47.3 Å². The number of thiol groups is 2. The zero-order valence-electron chi connectivity index (χ0n) is 45.2. The van der Waals surface area contributed by atoms with E-state index in [1.165, 1.54) is 70.9 Å². The molecule has 0 aromatic heterocycles. The van der Waals surface area contributed by atoms with Crippen LogP contribution in [0.3, 0.4) is 0 Å². The second kappa shape index (κ2) is 45.8. The summed E-state index contributed by atoms with van der Waals surface area (Å²) in [4.78, 5) is 84.8. The molecule has 20 heteroatoms. The van der Waals surface area contributed by atoms with Gasteiger partial charge in [0.25, 0.3) is 0 Å². The van der Waals surface area contributed by atoms with Gasteiger partial charge in [-0.05, 0) is 152 Å². The van der Waals surface area contributed by atoms with Crippen molar-refractivity contribution < 1.29 is 76.3 Å². The van der Waals surface area contributed by atoms with Crippen molar-refractivity contribution in [1.29, 1.82) is 0 Å². The summed E-state index contributed by atoms with van der Waals surface area (Å²) in [6.07, 6.45) is 24.9. The first-order valence-electron chi connectivity index (χ1n) is 26.4. The summed E-state index contributed by atoms with van der Waals surface area (Å²) in [6, 6.07) is 0. The second-order valence-corrected chi connectivity index (χ2v) is 20.5. The highest BCUT2D eigenvalue weighted by Gasteiger charge is 2.49. The minimum atomic E-state index is -0.430. The molecule has 0 aliphatic heterocycles. The molecule has 74 heavy (non-hydrogen) atoms. The van der Waals surface area contributed by atoms with E-state index in [9.17, 15) is 38.4 Å². The SMILES string of the molecule is C1CC2C3CCC(C3)C2C1.C1CC2C3CCC(C3)C2C1.C=CC(=O)OCC.C=CC(=O)OCC.CCCC(=O)OCC.CCOC(=O)CCSCC(=O)OCCOC(=O)CSC.O=C(CS)OCCOC(=O)CS. The lowest BCUT2D eigenvalue weighted by atomic mass is 9.82. The first kappa shape index (κ1) is 70.6. The molecule has 4 bridgehead atoms. The quantitative estimate of drug-likeness (QED) is 0.0321. The fourth-order valence-electron chi connectivity index (χ4n) is 10.3. The van der Waals surface area contributed by atoms with Crippen LogP contribution in [0.2, 0.25) is 0 Å².